The molecule has 3 N–H and O–H groups in total. The van der Waals surface area contributed by atoms with Gasteiger partial charge in [-0.05, 0) is 6.92 Å². The van der Waals surface area contributed by atoms with Crippen molar-refractivity contribution in [1.82, 2.24) is 0 Å². The van der Waals surface area contributed by atoms with Gasteiger partial charge >= 0.3 is 0 Å². The van der Waals surface area contributed by atoms with Crippen molar-refractivity contribution in [2.24, 2.45) is 5.73 Å². The molecule has 0 aromatic rings. The standard InChI is InChI=1S/C7H11N3O2/c1-4-6(9)2-5(8)3-7(4)10(11)12/h5,9H,2-3,8H2,1H3. The van der Waals surface area contributed by atoms with E-state index in [2.05, 4.69) is 0 Å². The lowest BCUT2D eigenvalue weighted by atomic mass is 9.92. The molecule has 0 saturated heterocycles. The van der Waals surface area contributed by atoms with Gasteiger partial charge in [0.25, 0.3) is 5.70 Å². The monoisotopic (exact) mass is 169 g/mol. The van der Waals surface area contributed by atoms with Crippen molar-refractivity contribution in [2.45, 2.75) is 25.8 Å². The highest BCUT2D eigenvalue weighted by Gasteiger charge is 2.27. The van der Waals surface area contributed by atoms with Crippen LogP contribution in [0.4, 0.5) is 0 Å². The minimum absolute atomic E-state index is 0.0961. The summed E-state index contributed by atoms with van der Waals surface area (Å²) < 4.78 is 0. The Kier molecular flexibility index (Phi) is 2.23. The van der Waals surface area contributed by atoms with Crippen LogP contribution in [-0.2, 0) is 0 Å². The highest BCUT2D eigenvalue weighted by Crippen LogP contribution is 2.21. The molecule has 5 nitrogen and oxygen atoms in total. The Morgan fingerprint density at radius 1 is 1.67 bits per heavy atom. The summed E-state index contributed by atoms with van der Waals surface area (Å²) in [6.07, 6.45) is 0.727. The van der Waals surface area contributed by atoms with E-state index in [9.17, 15) is 10.1 Å². The fourth-order valence-electron chi connectivity index (χ4n) is 1.27. The van der Waals surface area contributed by atoms with E-state index in [1.807, 2.05) is 0 Å². The van der Waals surface area contributed by atoms with Crippen molar-refractivity contribution in [3.05, 3.63) is 21.4 Å². The third kappa shape index (κ3) is 1.50. The van der Waals surface area contributed by atoms with Crippen LogP contribution in [-0.4, -0.2) is 16.7 Å². The second-order valence-corrected chi connectivity index (χ2v) is 2.98. The minimum atomic E-state index is -0.442. The van der Waals surface area contributed by atoms with Crippen LogP contribution in [0.2, 0.25) is 0 Å². The number of nitrogens with zero attached hydrogens (tertiary/aromatic N) is 1. The zero-order chi connectivity index (χ0) is 9.30. The maximum Gasteiger partial charge on any atom is 0.252 e. The van der Waals surface area contributed by atoms with Gasteiger partial charge in [-0.15, -0.1) is 0 Å². The summed E-state index contributed by atoms with van der Waals surface area (Å²) in [5.74, 6) is 0. The molecule has 0 aromatic carbocycles. The van der Waals surface area contributed by atoms with Crippen molar-refractivity contribution in [3.8, 4) is 0 Å². The number of hydrogen-bond acceptors (Lipinski definition) is 4. The molecule has 0 saturated carbocycles. The van der Waals surface area contributed by atoms with E-state index in [1.165, 1.54) is 0 Å². The van der Waals surface area contributed by atoms with Crippen molar-refractivity contribution >= 4 is 5.71 Å². The molecule has 1 aliphatic rings. The maximum absolute atomic E-state index is 10.5. The van der Waals surface area contributed by atoms with Gasteiger partial charge in [-0.1, -0.05) is 0 Å². The topological polar surface area (TPSA) is 93.0 Å². The maximum atomic E-state index is 10.5. The van der Waals surface area contributed by atoms with Gasteiger partial charge in [-0.25, -0.2) is 0 Å². The Morgan fingerprint density at radius 2 is 2.25 bits per heavy atom. The Hall–Kier alpha value is -1.23. The van der Waals surface area contributed by atoms with Crippen LogP contribution in [0.15, 0.2) is 11.3 Å². The molecular weight excluding hydrogens is 158 g/mol. The molecule has 0 aromatic heterocycles. The van der Waals surface area contributed by atoms with Gasteiger partial charge in [0, 0.05) is 23.7 Å². The number of hydrogen-bond donors (Lipinski definition) is 2. The van der Waals surface area contributed by atoms with E-state index in [4.69, 9.17) is 11.1 Å². The largest absolute Gasteiger partial charge is 0.327 e. The van der Waals surface area contributed by atoms with Gasteiger partial charge in [0.2, 0.25) is 0 Å². The fourth-order valence-corrected chi connectivity index (χ4v) is 1.27. The minimum Gasteiger partial charge on any atom is -0.327 e. The molecule has 1 unspecified atom stereocenters. The van der Waals surface area contributed by atoms with Crippen LogP contribution in [0, 0.1) is 15.5 Å². The van der Waals surface area contributed by atoms with Crippen molar-refractivity contribution in [2.75, 3.05) is 0 Å². The smallest absolute Gasteiger partial charge is 0.252 e. The van der Waals surface area contributed by atoms with E-state index in [0.29, 0.717) is 17.7 Å². The first-order valence-electron chi connectivity index (χ1n) is 3.70. The molecule has 66 valence electrons. The van der Waals surface area contributed by atoms with Crippen LogP contribution < -0.4 is 5.73 Å². The molecular formula is C7H11N3O2. The fraction of sp³-hybridized carbons (Fsp3) is 0.571. The first-order valence-corrected chi connectivity index (χ1v) is 3.70. The molecule has 0 fully saturated rings. The van der Waals surface area contributed by atoms with Crippen LogP contribution in [0.1, 0.15) is 19.8 Å². The first-order chi connectivity index (χ1) is 5.52. The normalized spacial score (nSPS) is 24.5. The summed E-state index contributed by atoms with van der Waals surface area (Å²) in [6.45, 7) is 1.60. The predicted molar refractivity (Wildman–Crippen MR) is 44.6 cm³/mol. The number of nitro groups is 1. The van der Waals surface area contributed by atoms with E-state index < -0.39 is 4.92 Å². The molecule has 0 heterocycles. The highest BCUT2D eigenvalue weighted by atomic mass is 16.6. The molecule has 1 atom stereocenters. The van der Waals surface area contributed by atoms with Crippen molar-refractivity contribution < 1.29 is 4.92 Å². The zero-order valence-corrected chi connectivity index (χ0v) is 6.83. The van der Waals surface area contributed by atoms with Gasteiger partial charge in [0.15, 0.2) is 0 Å². The average Bonchev–Trinajstić information content (AvgIpc) is 1.96. The lowest BCUT2D eigenvalue weighted by Gasteiger charge is -2.17. The molecule has 0 aliphatic heterocycles. The summed E-state index contributed by atoms with van der Waals surface area (Å²) in [5, 5.41) is 17.9. The Balaban J connectivity index is 3.01. The lowest BCUT2D eigenvalue weighted by molar-refractivity contribution is -0.429. The van der Waals surface area contributed by atoms with Gasteiger partial charge in [-0.3, -0.25) is 10.1 Å². The molecule has 1 rings (SSSR count). The van der Waals surface area contributed by atoms with Crippen molar-refractivity contribution in [3.63, 3.8) is 0 Å². The first kappa shape index (κ1) is 8.86. The molecule has 5 heteroatoms. The Labute approximate surface area is 69.9 Å². The number of rotatable bonds is 1. The van der Waals surface area contributed by atoms with Gasteiger partial charge in [0.05, 0.1) is 11.3 Å². The second kappa shape index (κ2) is 3.02. The lowest BCUT2D eigenvalue weighted by Crippen LogP contribution is -2.31. The van der Waals surface area contributed by atoms with E-state index in [-0.39, 0.29) is 18.2 Å². The Morgan fingerprint density at radius 3 is 2.75 bits per heavy atom. The number of nitrogens with two attached hydrogens (primary N) is 1. The van der Waals surface area contributed by atoms with Crippen LogP contribution in [0.5, 0.6) is 0 Å². The summed E-state index contributed by atoms with van der Waals surface area (Å²) in [7, 11) is 0. The van der Waals surface area contributed by atoms with E-state index in [0.717, 1.165) is 0 Å². The summed E-state index contributed by atoms with van der Waals surface area (Å²) >= 11 is 0. The van der Waals surface area contributed by atoms with Crippen LogP contribution in [0.3, 0.4) is 0 Å². The highest BCUT2D eigenvalue weighted by molar-refractivity contribution is 5.98. The quantitative estimate of drug-likeness (QED) is 0.446. The van der Waals surface area contributed by atoms with Crippen molar-refractivity contribution in [1.29, 1.82) is 5.41 Å². The molecule has 0 spiro atoms. The van der Waals surface area contributed by atoms with Gasteiger partial charge < -0.3 is 11.1 Å². The third-order valence-corrected chi connectivity index (χ3v) is 2.03. The van der Waals surface area contributed by atoms with Crippen LogP contribution in [0.25, 0.3) is 0 Å². The zero-order valence-electron chi connectivity index (χ0n) is 6.83. The van der Waals surface area contributed by atoms with Crippen LogP contribution >= 0.6 is 0 Å². The summed E-state index contributed by atoms with van der Waals surface area (Å²) in [5.41, 5.74) is 6.40. The molecule has 0 amide bonds. The molecule has 0 bridgehead atoms. The predicted octanol–water partition coefficient (Wildman–Crippen LogP) is 0.678. The number of nitrogens with one attached hydrogen (secondary N) is 1. The Bertz CT molecular complexity index is 270. The van der Waals surface area contributed by atoms with Gasteiger partial charge in [-0.2, -0.15) is 0 Å². The summed E-state index contributed by atoms with van der Waals surface area (Å²) in [6, 6.07) is -0.262. The van der Waals surface area contributed by atoms with E-state index in [1.54, 1.807) is 6.92 Å². The molecule has 1 aliphatic carbocycles. The van der Waals surface area contributed by atoms with E-state index >= 15 is 0 Å². The van der Waals surface area contributed by atoms with Gasteiger partial charge in [0.1, 0.15) is 0 Å². The number of allylic oxidation sites excluding steroid dienone is 1. The SMILES string of the molecule is CC1=C([N+](=O)[O-])CC(N)CC1=N. The average molecular weight is 169 g/mol. The second-order valence-electron chi connectivity index (χ2n) is 2.98. The summed E-state index contributed by atoms with van der Waals surface area (Å²) in [4.78, 5) is 10.0. The molecule has 12 heavy (non-hydrogen) atoms. The third-order valence-electron chi connectivity index (χ3n) is 2.03. The molecule has 0 radical (unpaired) electrons.